The summed E-state index contributed by atoms with van der Waals surface area (Å²) in [4.78, 5) is 14.9. The van der Waals surface area contributed by atoms with E-state index < -0.39 is 0 Å². The van der Waals surface area contributed by atoms with E-state index in [9.17, 15) is 9.90 Å². The van der Waals surface area contributed by atoms with Crippen LogP contribution in [0.5, 0.6) is 0 Å². The van der Waals surface area contributed by atoms with Crippen molar-refractivity contribution >= 4 is 17.4 Å². The quantitative estimate of drug-likeness (QED) is 0.863. The van der Waals surface area contributed by atoms with Gasteiger partial charge < -0.3 is 9.67 Å². The summed E-state index contributed by atoms with van der Waals surface area (Å²) in [5.41, 5.74) is 3.80. The molecule has 2 aromatic rings. The van der Waals surface area contributed by atoms with Gasteiger partial charge in [0.15, 0.2) is 5.78 Å². The third-order valence-electron chi connectivity index (χ3n) is 4.66. The van der Waals surface area contributed by atoms with Crippen LogP contribution in [0.3, 0.4) is 0 Å². The summed E-state index contributed by atoms with van der Waals surface area (Å²) in [6.45, 7) is 5.95. The SMILES string of the molecule is Cc1cc(Cl)cc(C)c1-n1cccc1C(=O)CN1CCC(O)CC1. The number of halogens is 1. The molecule has 0 atom stereocenters. The highest BCUT2D eigenvalue weighted by molar-refractivity contribution is 6.30. The second-order valence-electron chi connectivity index (χ2n) is 6.58. The van der Waals surface area contributed by atoms with E-state index in [0.717, 1.165) is 42.7 Å². The Morgan fingerprint density at radius 3 is 2.50 bits per heavy atom. The van der Waals surface area contributed by atoms with Crippen LogP contribution in [0.1, 0.15) is 34.5 Å². The molecule has 0 unspecified atom stereocenters. The fraction of sp³-hybridized carbons (Fsp3) is 0.421. The number of nitrogens with zero attached hydrogens (tertiary/aromatic N) is 2. The highest BCUT2D eigenvalue weighted by atomic mass is 35.5. The number of aliphatic hydroxyl groups is 1. The first-order chi connectivity index (χ1) is 11.5. The molecule has 0 spiro atoms. The number of aromatic nitrogens is 1. The van der Waals surface area contributed by atoms with E-state index in [1.807, 2.05) is 48.9 Å². The minimum absolute atomic E-state index is 0.102. The molecule has 5 heteroatoms. The normalized spacial score (nSPS) is 16.5. The molecule has 0 bridgehead atoms. The second-order valence-corrected chi connectivity index (χ2v) is 7.02. The highest BCUT2D eigenvalue weighted by Crippen LogP contribution is 2.25. The summed E-state index contributed by atoms with van der Waals surface area (Å²) in [6.07, 6.45) is 3.18. The van der Waals surface area contributed by atoms with Crippen molar-refractivity contribution < 1.29 is 9.90 Å². The van der Waals surface area contributed by atoms with Crippen molar-refractivity contribution in [2.75, 3.05) is 19.6 Å². The van der Waals surface area contributed by atoms with Gasteiger partial charge in [0.2, 0.25) is 0 Å². The van der Waals surface area contributed by atoms with Crippen LogP contribution in [0.15, 0.2) is 30.5 Å². The average Bonchev–Trinajstić information content (AvgIpc) is 2.98. The van der Waals surface area contributed by atoms with Gasteiger partial charge in [-0.05, 0) is 62.1 Å². The van der Waals surface area contributed by atoms with Crippen molar-refractivity contribution in [3.63, 3.8) is 0 Å². The Hall–Kier alpha value is -1.62. The molecule has 1 N–H and O–H groups in total. The Bertz CT molecular complexity index is 723. The van der Waals surface area contributed by atoms with Crippen LogP contribution in [0.4, 0.5) is 0 Å². The Balaban J connectivity index is 1.84. The highest BCUT2D eigenvalue weighted by Gasteiger charge is 2.22. The summed E-state index contributed by atoms with van der Waals surface area (Å²) in [5.74, 6) is 0.102. The zero-order chi connectivity index (χ0) is 17.3. The summed E-state index contributed by atoms with van der Waals surface area (Å²) >= 11 is 6.12. The monoisotopic (exact) mass is 346 g/mol. The fourth-order valence-electron chi connectivity index (χ4n) is 3.45. The van der Waals surface area contributed by atoms with Gasteiger partial charge in [0.25, 0.3) is 0 Å². The number of aryl methyl sites for hydroxylation is 2. The molecule has 2 heterocycles. The molecule has 1 aliphatic rings. The van der Waals surface area contributed by atoms with E-state index in [1.54, 1.807) is 0 Å². The minimum atomic E-state index is -0.223. The van der Waals surface area contributed by atoms with Gasteiger partial charge in [0, 0.05) is 24.3 Å². The molecule has 1 aromatic carbocycles. The molecule has 0 aliphatic carbocycles. The first-order valence-corrected chi connectivity index (χ1v) is 8.71. The standard InChI is InChI=1S/C19H23ClN2O2/c1-13-10-15(20)11-14(2)19(13)22-7-3-4-17(22)18(24)12-21-8-5-16(23)6-9-21/h3-4,7,10-11,16,23H,5-6,8-9,12H2,1-2H3. The molecule has 0 saturated carbocycles. The van der Waals surface area contributed by atoms with Gasteiger partial charge in [-0.1, -0.05) is 11.6 Å². The van der Waals surface area contributed by atoms with Crippen molar-refractivity contribution in [3.8, 4) is 5.69 Å². The van der Waals surface area contributed by atoms with E-state index >= 15 is 0 Å². The molecular weight excluding hydrogens is 324 g/mol. The second kappa shape index (κ2) is 7.09. The number of rotatable bonds is 4. The predicted molar refractivity (Wildman–Crippen MR) is 96.3 cm³/mol. The summed E-state index contributed by atoms with van der Waals surface area (Å²) in [6, 6.07) is 7.61. The van der Waals surface area contributed by atoms with Gasteiger partial charge in [-0.2, -0.15) is 0 Å². The minimum Gasteiger partial charge on any atom is -0.393 e. The maximum atomic E-state index is 12.8. The smallest absolute Gasteiger partial charge is 0.193 e. The van der Waals surface area contributed by atoms with Crippen LogP contribution in [0.25, 0.3) is 5.69 Å². The Morgan fingerprint density at radius 1 is 1.25 bits per heavy atom. The molecule has 24 heavy (non-hydrogen) atoms. The van der Waals surface area contributed by atoms with Crippen LogP contribution in [-0.2, 0) is 0 Å². The number of likely N-dealkylation sites (tertiary alicyclic amines) is 1. The summed E-state index contributed by atoms with van der Waals surface area (Å²) in [5, 5.41) is 10.3. The van der Waals surface area contributed by atoms with Crippen LogP contribution >= 0.6 is 11.6 Å². The third kappa shape index (κ3) is 3.56. The zero-order valence-electron chi connectivity index (χ0n) is 14.1. The third-order valence-corrected chi connectivity index (χ3v) is 4.87. The lowest BCUT2D eigenvalue weighted by atomic mass is 10.1. The predicted octanol–water partition coefficient (Wildman–Crippen LogP) is 3.39. The topological polar surface area (TPSA) is 45.5 Å². The Labute approximate surface area is 147 Å². The maximum absolute atomic E-state index is 12.8. The van der Waals surface area contributed by atoms with Gasteiger partial charge in [-0.3, -0.25) is 9.69 Å². The molecular formula is C19H23ClN2O2. The first-order valence-electron chi connectivity index (χ1n) is 8.34. The van der Waals surface area contributed by atoms with E-state index in [0.29, 0.717) is 17.3 Å². The lowest BCUT2D eigenvalue weighted by Crippen LogP contribution is -2.39. The molecule has 0 radical (unpaired) electrons. The number of carbonyl (C=O) groups excluding carboxylic acids is 1. The number of hydrogen-bond donors (Lipinski definition) is 1. The molecule has 1 saturated heterocycles. The van der Waals surface area contributed by atoms with Crippen LogP contribution in [-0.4, -0.2) is 46.1 Å². The number of piperidine rings is 1. The number of benzene rings is 1. The number of carbonyl (C=O) groups is 1. The van der Waals surface area contributed by atoms with Crippen LogP contribution in [0, 0.1) is 13.8 Å². The Morgan fingerprint density at radius 2 is 1.88 bits per heavy atom. The van der Waals surface area contributed by atoms with Crippen LogP contribution < -0.4 is 0 Å². The molecule has 4 nitrogen and oxygen atoms in total. The lowest BCUT2D eigenvalue weighted by molar-refractivity contribution is 0.0707. The van der Waals surface area contributed by atoms with Gasteiger partial charge in [-0.15, -0.1) is 0 Å². The summed E-state index contributed by atoms with van der Waals surface area (Å²) in [7, 11) is 0. The van der Waals surface area contributed by atoms with E-state index in [-0.39, 0.29) is 11.9 Å². The number of Topliss-reactive ketones (excluding diaryl/α,β-unsaturated/α-hetero) is 1. The number of aliphatic hydroxyl groups excluding tert-OH is 1. The Kier molecular flexibility index (Phi) is 5.09. The van der Waals surface area contributed by atoms with Crippen molar-refractivity contribution in [3.05, 3.63) is 52.3 Å². The molecule has 1 fully saturated rings. The molecule has 0 amide bonds. The first kappa shape index (κ1) is 17.2. The largest absolute Gasteiger partial charge is 0.393 e. The zero-order valence-corrected chi connectivity index (χ0v) is 14.9. The van der Waals surface area contributed by atoms with Crippen LogP contribution in [0.2, 0.25) is 5.02 Å². The fourth-order valence-corrected chi connectivity index (χ4v) is 3.78. The molecule has 3 rings (SSSR count). The van der Waals surface area contributed by atoms with Gasteiger partial charge >= 0.3 is 0 Å². The van der Waals surface area contributed by atoms with E-state index in [2.05, 4.69) is 4.90 Å². The average molecular weight is 347 g/mol. The van der Waals surface area contributed by atoms with Gasteiger partial charge in [0.05, 0.1) is 24.0 Å². The maximum Gasteiger partial charge on any atom is 0.193 e. The molecule has 1 aliphatic heterocycles. The molecule has 1 aromatic heterocycles. The molecule has 128 valence electrons. The van der Waals surface area contributed by atoms with Gasteiger partial charge in [0.1, 0.15) is 0 Å². The van der Waals surface area contributed by atoms with E-state index in [1.165, 1.54) is 0 Å². The number of hydrogen-bond acceptors (Lipinski definition) is 3. The van der Waals surface area contributed by atoms with Gasteiger partial charge in [-0.25, -0.2) is 0 Å². The summed E-state index contributed by atoms with van der Waals surface area (Å²) < 4.78 is 1.96. The lowest BCUT2D eigenvalue weighted by Gasteiger charge is -2.28. The number of ketones is 1. The van der Waals surface area contributed by atoms with Crippen molar-refractivity contribution in [1.82, 2.24) is 9.47 Å². The van der Waals surface area contributed by atoms with Crippen molar-refractivity contribution in [1.29, 1.82) is 0 Å². The van der Waals surface area contributed by atoms with Crippen molar-refractivity contribution in [2.45, 2.75) is 32.8 Å². The van der Waals surface area contributed by atoms with E-state index in [4.69, 9.17) is 11.6 Å². The van der Waals surface area contributed by atoms with Crippen molar-refractivity contribution in [2.24, 2.45) is 0 Å².